The van der Waals surface area contributed by atoms with E-state index in [0.717, 1.165) is 6.20 Å². The molecule has 0 aliphatic carbocycles. The van der Waals surface area contributed by atoms with E-state index in [1.54, 1.807) is 6.92 Å². The topological polar surface area (TPSA) is 99.4 Å². The van der Waals surface area contributed by atoms with E-state index in [-0.39, 0.29) is 4.90 Å². The minimum atomic E-state index is -3.74. The molecule has 0 aliphatic heterocycles. The largest absolute Gasteiger partial charge is 0.463 e. The number of aromatic nitrogens is 1. The molecule has 0 amide bonds. The molecule has 0 saturated carbocycles. The number of nitrogens with zero attached hydrogens (tertiary/aromatic N) is 1. The summed E-state index contributed by atoms with van der Waals surface area (Å²) in [4.78, 5) is 14.7. The summed E-state index contributed by atoms with van der Waals surface area (Å²) in [5.74, 6) is -0.482. The minimum absolute atomic E-state index is 0.0780. The fraction of sp³-hybridized carbons (Fsp3) is 0.200. The highest BCUT2D eigenvalue weighted by atomic mass is 32.2. The number of nitrogens with two attached hydrogens (primary N) is 1. The van der Waals surface area contributed by atoms with Crippen LogP contribution in [0.2, 0.25) is 0 Å². The minimum Gasteiger partial charge on any atom is -0.463 e. The highest BCUT2D eigenvalue weighted by Gasteiger charge is 2.06. The molecule has 17 heavy (non-hydrogen) atoms. The van der Waals surface area contributed by atoms with Crippen LogP contribution < -0.4 is 5.14 Å². The van der Waals surface area contributed by atoms with Gasteiger partial charge in [-0.15, -0.1) is 0 Å². The number of hydrogen-bond donors (Lipinski definition) is 1. The van der Waals surface area contributed by atoms with Crippen LogP contribution >= 0.6 is 0 Å². The Morgan fingerprint density at radius 1 is 1.53 bits per heavy atom. The zero-order chi connectivity index (χ0) is 12.9. The quantitative estimate of drug-likeness (QED) is 0.617. The van der Waals surface area contributed by atoms with Crippen LogP contribution in [0.5, 0.6) is 0 Å². The highest BCUT2D eigenvalue weighted by molar-refractivity contribution is 7.89. The molecule has 0 radical (unpaired) electrons. The van der Waals surface area contributed by atoms with Crippen LogP contribution in [0.15, 0.2) is 29.3 Å². The third-order valence-electron chi connectivity index (χ3n) is 1.76. The zero-order valence-corrected chi connectivity index (χ0v) is 9.98. The second kappa shape index (κ2) is 5.55. The lowest BCUT2D eigenvalue weighted by atomic mass is 10.3. The molecule has 1 heterocycles. The lowest BCUT2D eigenvalue weighted by Gasteiger charge is -1.98. The van der Waals surface area contributed by atoms with E-state index in [2.05, 4.69) is 9.72 Å². The molecule has 0 unspecified atom stereocenters. The fourth-order valence-electron chi connectivity index (χ4n) is 1.00. The van der Waals surface area contributed by atoms with Crippen LogP contribution in [-0.2, 0) is 19.6 Å². The van der Waals surface area contributed by atoms with Gasteiger partial charge < -0.3 is 4.74 Å². The molecule has 1 aromatic heterocycles. The standard InChI is InChI=1S/C10H12N2O4S/c1-2-16-10(13)6-4-8-3-5-9(7-12-8)17(11,14)15/h3-7H,2H2,1H3,(H2,11,14,15)/b6-4+. The highest BCUT2D eigenvalue weighted by Crippen LogP contribution is 2.06. The summed E-state index contributed by atoms with van der Waals surface area (Å²) in [6, 6.07) is 2.75. The SMILES string of the molecule is CCOC(=O)/C=C/c1ccc(S(N)(=O)=O)cn1. The van der Waals surface area contributed by atoms with Gasteiger partial charge in [0.15, 0.2) is 0 Å². The van der Waals surface area contributed by atoms with Crippen LogP contribution in [-0.4, -0.2) is 26.0 Å². The molecule has 1 aromatic rings. The molecule has 1 rings (SSSR count). The molecule has 0 atom stereocenters. The monoisotopic (exact) mass is 256 g/mol. The lowest BCUT2D eigenvalue weighted by Crippen LogP contribution is -2.12. The van der Waals surface area contributed by atoms with Gasteiger partial charge in [-0.1, -0.05) is 0 Å². The Kier molecular flexibility index (Phi) is 4.36. The average molecular weight is 256 g/mol. The van der Waals surface area contributed by atoms with Crippen molar-refractivity contribution >= 4 is 22.1 Å². The third-order valence-corrected chi connectivity index (χ3v) is 2.66. The first-order valence-corrected chi connectivity index (χ1v) is 6.32. The lowest BCUT2D eigenvalue weighted by molar-refractivity contribution is -0.137. The van der Waals surface area contributed by atoms with Crippen LogP contribution in [0.1, 0.15) is 12.6 Å². The number of hydrogen-bond acceptors (Lipinski definition) is 5. The van der Waals surface area contributed by atoms with Crippen molar-refractivity contribution in [3.63, 3.8) is 0 Å². The second-order valence-electron chi connectivity index (χ2n) is 3.05. The summed E-state index contributed by atoms with van der Waals surface area (Å²) < 4.78 is 26.6. The molecular formula is C10H12N2O4S. The van der Waals surface area contributed by atoms with Crippen molar-refractivity contribution in [2.45, 2.75) is 11.8 Å². The number of carbonyl (C=O) groups is 1. The van der Waals surface area contributed by atoms with Crippen molar-refractivity contribution < 1.29 is 17.9 Å². The maximum Gasteiger partial charge on any atom is 0.330 e. The molecule has 0 aliphatic rings. The van der Waals surface area contributed by atoms with Crippen LogP contribution in [0.3, 0.4) is 0 Å². The summed E-state index contributed by atoms with van der Waals surface area (Å²) >= 11 is 0. The maximum atomic E-state index is 11.0. The van der Waals surface area contributed by atoms with Crippen molar-refractivity contribution in [3.8, 4) is 0 Å². The summed E-state index contributed by atoms with van der Waals surface area (Å²) in [5.41, 5.74) is 0.436. The van der Waals surface area contributed by atoms with E-state index in [9.17, 15) is 13.2 Å². The summed E-state index contributed by atoms with van der Waals surface area (Å²) in [6.45, 7) is 1.99. The summed E-state index contributed by atoms with van der Waals surface area (Å²) in [6.07, 6.45) is 3.76. The van der Waals surface area contributed by atoms with Gasteiger partial charge in [0.2, 0.25) is 10.0 Å². The van der Waals surface area contributed by atoms with E-state index in [1.165, 1.54) is 24.3 Å². The number of primary sulfonamides is 1. The Hall–Kier alpha value is -1.73. The second-order valence-corrected chi connectivity index (χ2v) is 4.61. The molecule has 0 bridgehead atoms. The molecule has 0 aromatic carbocycles. The smallest absolute Gasteiger partial charge is 0.330 e. The van der Waals surface area contributed by atoms with Gasteiger partial charge in [0.25, 0.3) is 0 Å². The molecule has 6 nitrogen and oxygen atoms in total. The van der Waals surface area contributed by atoms with Crippen molar-refractivity contribution in [2.24, 2.45) is 5.14 Å². The van der Waals surface area contributed by atoms with E-state index >= 15 is 0 Å². The van der Waals surface area contributed by atoms with Gasteiger partial charge in [0.1, 0.15) is 4.90 Å². The predicted octanol–water partition coefficient (Wildman–Crippen LogP) is 0.305. The molecule has 7 heteroatoms. The van der Waals surface area contributed by atoms with Gasteiger partial charge in [-0.2, -0.15) is 0 Å². The molecular weight excluding hydrogens is 244 g/mol. The van der Waals surface area contributed by atoms with Crippen molar-refractivity contribution in [2.75, 3.05) is 6.61 Å². The first-order chi connectivity index (χ1) is 7.93. The first kappa shape index (κ1) is 13.3. The molecule has 2 N–H and O–H groups in total. The van der Waals surface area contributed by atoms with Crippen LogP contribution in [0.4, 0.5) is 0 Å². The van der Waals surface area contributed by atoms with Gasteiger partial charge in [0, 0.05) is 12.3 Å². The van der Waals surface area contributed by atoms with Crippen molar-refractivity contribution in [1.29, 1.82) is 0 Å². The number of sulfonamides is 1. The molecule has 0 saturated heterocycles. The Morgan fingerprint density at radius 3 is 2.71 bits per heavy atom. The van der Waals surface area contributed by atoms with Gasteiger partial charge in [-0.3, -0.25) is 4.98 Å². The van der Waals surface area contributed by atoms with Crippen molar-refractivity contribution in [3.05, 3.63) is 30.1 Å². The van der Waals surface area contributed by atoms with Gasteiger partial charge in [-0.25, -0.2) is 18.4 Å². The summed E-state index contributed by atoms with van der Waals surface area (Å²) in [5, 5.41) is 4.91. The number of carbonyl (C=O) groups excluding carboxylic acids is 1. The van der Waals surface area contributed by atoms with Crippen molar-refractivity contribution in [1.82, 2.24) is 4.98 Å². The maximum absolute atomic E-state index is 11.0. The normalized spacial score (nSPS) is 11.6. The third kappa shape index (κ3) is 4.33. The molecule has 0 spiro atoms. The molecule has 92 valence electrons. The number of ether oxygens (including phenoxy) is 1. The summed E-state index contributed by atoms with van der Waals surface area (Å²) in [7, 11) is -3.74. The van der Waals surface area contributed by atoms with E-state index in [4.69, 9.17) is 5.14 Å². The Balaban J connectivity index is 2.79. The zero-order valence-electron chi connectivity index (χ0n) is 9.16. The fourth-order valence-corrected chi connectivity index (χ4v) is 1.46. The van der Waals surface area contributed by atoms with E-state index in [1.807, 2.05) is 0 Å². The van der Waals surface area contributed by atoms with Gasteiger partial charge in [0.05, 0.1) is 12.3 Å². The average Bonchev–Trinajstić information content (AvgIpc) is 2.26. The Bertz CT molecular complexity index is 520. The van der Waals surface area contributed by atoms with Gasteiger partial charge >= 0.3 is 5.97 Å². The first-order valence-electron chi connectivity index (χ1n) is 4.77. The Morgan fingerprint density at radius 2 is 2.24 bits per heavy atom. The van der Waals surface area contributed by atoms with Gasteiger partial charge in [-0.05, 0) is 25.1 Å². The molecule has 0 fully saturated rings. The van der Waals surface area contributed by atoms with Crippen LogP contribution in [0, 0.1) is 0 Å². The number of pyridine rings is 1. The van der Waals surface area contributed by atoms with E-state index < -0.39 is 16.0 Å². The Labute approximate surface area is 99.2 Å². The predicted molar refractivity (Wildman–Crippen MR) is 61.3 cm³/mol. The van der Waals surface area contributed by atoms with Crippen LogP contribution in [0.25, 0.3) is 6.08 Å². The van der Waals surface area contributed by atoms with E-state index in [0.29, 0.717) is 12.3 Å². The number of rotatable bonds is 4. The number of esters is 1.